The Morgan fingerprint density at radius 1 is 1.50 bits per heavy atom. The molecule has 0 aliphatic rings. The highest BCUT2D eigenvalue weighted by molar-refractivity contribution is 5.78. The molecule has 4 heteroatoms. The van der Waals surface area contributed by atoms with E-state index in [4.69, 9.17) is 4.74 Å². The summed E-state index contributed by atoms with van der Waals surface area (Å²) in [5.74, 6) is -0.772. The Bertz CT molecular complexity index is 220. The number of hydrogen-bond acceptors (Lipinski definition) is 3. The molecule has 2 atom stereocenters. The van der Waals surface area contributed by atoms with Gasteiger partial charge >= 0.3 is 5.97 Å². The number of nitrogens with zero attached hydrogens (tertiary/aromatic N) is 1. The fraction of sp³-hybridized carbons (Fsp3) is 0.917. The van der Waals surface area contributed by atoms with Gasteiger partial charge in [-0.15, -0.1) is 0 Å². The number of carboxylic acids is 1. The maximum atomic E-state index is 11.5. The molecule has 1 N–H and O–H groups in total. The lowest BCUT2D eigenvalue weighted by Gasteiger charge is -2.41. The third-order valence-corrected chi connectivity index (χ3v) is 3.35. The Labute approximate surface area is 98.6 Å². The summed E-state index contributed by atoms with van der Waals surface area (Å²) < 4.78 is 5.01. The number of ether oxygens (including phenoxy) is 1. The largest absolute Gasteiger partial charge is 0.480 e. The monoisotopic (exact) mass is 231 g/mol. The average molecular weight is 231 g/mol. The first kappa shape index (κ1) is 15.4. The molecule has 0 aliphatic carbocycles. The van der Waals surface area contributed by atoms with Crippen LogP contribution in [0.1, 0.15) is 40.5 Å². The van der Waals surface area contributed by atoms with E-state index in [1.807, 2.05) is 11.8 Å². The predicted molar refractivity (Wildman–Crippen MR) is 64.7 cm³/mol. The molecule has 2 unspecified atom stereocenters. The summed E-state index contributed by atoms with van der Waals surface area (Å²) in [5.41, 5.74) is -0.833. The maximum absolute atomic E-state index is 11.5. The molecular formula is C12H25NO3. The molecule has 0 bridgehead atoms. The molecule has 0 fully saturated rings. The quantitative estimate of drug-likeness (QED) is 0.694. The normalized spacial score (nSPS) is 17.1. The highest BCUT2D eigenvalue weighted by atomic mass is 16.5. The van der Waals surface area contributed by atoms with Gasteiger partial charge in [-0.2, -0.15) is 0 Å². The van der Waals surface area contributed by atoms with E-state index in [0.29, 0.717) is 13.0 Å². The standard InChI is InChI=1S/C12H25NO3/c1-6-10(3)13(7-2)12(4,11(14)15)8-9-16-5/h10H,6-9H2,1-5H3,(H,14,15). The number of carboxylic acid groups (broad SMARTS) is 1. The third kappa shape index (κ3) is 3.46. The van der Waals surface area contributed by atoms with Crippen LogP contribution in [0.3, 0.4) is 0 Å². The van der Waals surface area contributed by atoms with Crippen LogP contribution in [0, 0.1) is 0 Å². The zero-order valence-corrected chi connectivity index (χ0v) is 11.1. The SMILES string of the molecule is CCC(C)N(CC)C(C)(CCOC)C(=O)O. The first-order chi connectivity index (χ1) is 7.43. The number of aliphatic carboxylic acids is 1. The van der Waals surface area contributed by atoms with E-state index in [0.717, 1.165) is 13.0 Å². The van der Waals surface area contributed by atoms with Gasteiger partial charge in [0.2, 0.25) is 0 Å². The molecule has 4 nitrogen and oxygen atoms in total. The summed E-state index contributed by atoms with van der Waals surface area (Å²) in [4.78, 5) is 13.5. The van der Waals surface area contributed by atoms with Crippen LogP contribution in [0.4, 0.5) is 0 Å². The first-order valence-electron chi connectivity index (χ1n) is 5.93. The van der Waals surface area contributed by atoms with Gasteiger partial charge < -0.3 is 9.84 Å². The Balaban J connectivity index is 4.90. The lowest BCUT2D eigenvalue weighted by atomic mass is 9.93. The Kier molecular flexibility index (Phi) is 6.60. The second kappa shape index (κ2) is 6.86. The summed E-state index contributed by atoms with van der Waals surface area (Å²) in [7, 11) is 1.60. The van der Waals surface area contributed by atoms with Crippen molar-refractivity contribution in [3.05, 3.63) is 0 Å². The van der Waals surface area contributed by atoms with E-state index in [1.54, 1.807) is 14.0 Å². The van der Waals surface area contributed by atoms with Gasteiger partial charge in [0.05, 0.1) is 0 Å². The lowest BCUT2D eigenvalue weighted by Crippen LogP contribution is -2.56. The van der Waals surface area contributed by atoms with Crippen LogP contribution in [0.5, 0.6) is 0 Å². The van der Waals surface area contributed by atoms with Crippen molar-refractivity contribution in [2.45, 2.75) is 52.1 Å². The molecule has 0 radical (unpaired) electrons. The molecule has 0 saturated carbocycles. The van der Waals surface area contributed by atoms with Crippen molar-refractivity contribution in [2.24, 2.45) is 0 Å². The van der Waals surface area contributed by atoms with Crippen LogP contribution in [0.2, 0.25) is 0 Å². The van der Waals surface area contributed by atoms with Gasteiger partial charge in [0.15, 0.2) is 0 Å². The van der Waals surface area contributed by atoms with Crippen LogP contribution in [0.15, 0.2) is 0 Å². The molecule has 0 aromatic heterocycles. The fourth-order valence-corrected chi connectivity index (χ4v) is 2.04. The summed E-state index contributed by atoms with van der Waals surface area (Å²) in [6.07, 6.45) is 1.46. The first-order valence-corrected chi connectivity index (χ1v) is 5.93. The molecular weight excluding hydrogens is 206 g/mol. The number of carbonyl (C=O) groups is 1. The minimum absolute atomic E-state index is 0.267. The molecule has 0 rings (SSSR count). The zero-order valence-electron chi connectivity index (χ0n) is 11.1. The second-order valence-corrected chi connectivity index (χ2v) is 4.37. The van der Waals surface area contributed by atoms with Crippen molar-refractivity contribution in [2.75, 3.05) is 20.3 Å². The van der Waals surface area contributed by atoms with Crippen LogP contribution < -0.4 is 0 Å². The average Bonchev–Trinajstić information content (AvgIpc) is 2.26. The van der Waals surface area contributed by atoms with Crippen LogP contribution in [0.25, 0.3) is 0 Å². The van der Waals surface area contributed by atoms with E-state index >= 15 is 0 Å². The Morgan fingerprint density at radius 2 is 2.06 bits per heavy atom. The van der Waals surface area contributed by atoms with Crippen molar-refractivity contribution in [3.63, 3.8) is 0 Å². The van der Waals surface area contributed by atoms with Crippen LogP contribution in [-0.4, -0.2) is 47.8 Å². The smallest absolute Gasteiger partial charge is 0.323 e. The van der Waals surface area contributed by atoms with Crippen molar-refractivity contribution >= 4 is 5.97 Å². The molecule has 0 amide bonds. The number of hydrogen-bond donors (Lipinski definition) is 1. The number of methoxy groups -OCH3 is 1. The highest BCUT2D eigenvalue weighted by Crippen LogP contribution is 2.23. The van der Waals surface area contributed by atoms with Gasteiger partial charge in [-0.25, -0.2) is 0 Å². The Hall–Kier alpha value is -0.610. The summed E-state index contributed by atoms with van der Waals surface area (Å²) in [6.45, 7) is 9.13. The molecule has 96 valence electrons. The molecule has 0 spiro atoms. The molecule has 0 aliphatic heterocycles. The lowest BCUT2D eigenvalue weighted by molar-refractivity contribution is -0.153. The van der Waals surface area contributed by atoms with E-state index in [1.165, 1.54) is 0 Å². The zero-order chi connectivity index (χ0) is 12.8. The minimum atomic E-state index is -0.833. The van der Waals surface area contributed by atoms with Gasteiger partial charge in [0, 0.05) is 19.8 Å². The molecule has 0 aromatic rings. The van der Waals surface area contributed by atoms with E-state index in [-0.39, 0.29) is 6.04 Å². The summed E-state index contributed by atoms with van der Waals surface area (Å²) in [6, 6.07) is 0.267. The minimum Gasteiger partial charge on any atom is -0.480 e. The number of rotatable bonds is 8. The summed E-state index contributed by atoms with van der Waals surface area (Å²) in [5, 5.41) is 9.41. The molecule has 16 heavy (non-hydrogen) atoms. The Morgan fingerprint density at radius 3 is 2.38 bits per heavy atom. The van der Waals surface area contributed by atoms with Gasteiger partial charge in [0.1, 0.15) is 5.54 Å². The third-order valence-electron chi connectivity index (χ3n) is 3.35. The topological polar surface area (TPSA) is 49.8 Å². The van der Waals surface area contributed by atoms with E-state index < -0.39 is 11.5 Å². The predicted octanol–water partition coefficient (Wildman–Crippen LogP) is 1.99. The molecule has 0 saturated heterocycles. The van der Waals surface area contributed by atoms with Crippen molar-refractivity contribution in [1.29, 1.82) is 0 Å². The second-order valence-electron chi connectivity index (χ2n) is 4.37. The number of likely N-dealkylation sites (N-methyl/N-ethyl adjacent to an activating group) is 1. The van der Waals surface area contributed by atoms with Crippen molar-refractivity contribution in [1.82, 2.24) is 4.90 Å². The fourth-order valence-electron chi connectivity index (χ4n) is 2.04. The van der Waals surface area contributed by atoms with Gasteiger partial charge in [-0.05, 0) is 33.2 Å². The molecule has 0 aromatic carbocycles. The van der Waals surface area contributed by atoms with Crippen LogP contribution in [-0.2, 0) is 9.53 Å². The van der Waals surface area contributed by atoms with Gasteiger partial charge in [-0.3, -0.25) is 9.69 Å². The van der Waals surface area contributed by atoms with Gasteiger partial charge in [-0.1, -0.05) is 13.8 Å². The van der Waals surface area contributed by atoms with E-state index in [2.05, 4.69) is 13.8 Å². The molecule has 0 heterocycles. The van der Waals surface area contributed by atoms with Crippen molar-refractivity contribution < 1.29 is 14.6 Å². The van der Waals surface area contributed by atoms with Gasteiger partial charge in [0.25, 0.3) is 0 Å². The van der Waals surface area contributed by atoms with Crippen LogP contribution >= 0.6 is 0 Å². The van der Waals surface area contributed by atoms with Crippen molar-refractivity contribution in [3.8, 4) is 0 Å². The highest BCUT2D eigenvalue weighted by Gasteiger charge is 2.40. The summed E-state index contributed by atoms with van der Waals surface area (Å²) >= 11 is 0. The van der Waals surface area contributed by atoms with E-state index in [9.17, 15) is 9.90 Å². The maximum Gasteiger partial charge on any atom is 0.323 e.